The van der Waals surface area contributed by atoms with E-state index in [9.17, 15) is 18.0 Å². The number of amides is 1. The molecule has 1 N–H and O–H groups in total. The number of carbonyl (C=O) groups excluding carboxylic acids is 1. The second-order valence-corrected chi connectivity index (χ2v) is 7.06. The minimum Gasteiger partial charge on any atom is -0.477 e. The summed E-state index contributed by atoms with van der Waals surface area (Å²) >= 11 is 0. The Kier molecular flexibility index (Phi) is 6.02. The van der Waals surface area contributed by atoms with E-state index in [0.29, 0.717) is 31.1 Å². The molecule has 0 aliphatic carbocycles. The van der Waals surface area contributed by atoms with Gasteiger partial charge in [-0.3, -0.25) is 4.79 Å². The van der Waals surface area contributed by atoms with Gasteiger partial charge in [-0.05, 0) is 17.9 Å². The Morgan fingerprint density at radius 3 is 2.43 bits per heavy atom. The van der Waals surface area contributed by atoms with Gasteiger partial charge in [0.2, 0.25) is 5.90 Å². The molecule has 0 fully saturated rings. The molecule has 1 aliphatic heterocycles. The molecule has 1 amide bonds. The number of ether oxygens (including phenoxy) is 1. The van der Waals surface area contributed by atoms with Gasteiger partial charge in [-0.2, -0.15) is 0 Å². The molecule has 0 saturated heterocycles. The Morgan fingerprint density at radius 2 is 1.82 bits per heavy atom. The quantitative estimate of drug-likeness (QED) is 0.813. The summed E-state index contributed by atoms with van der Waals surface area (Å²) in [4.78, 5) is 17.0. The second kappa shape index (κ2) is 8.46. The van der Waals surface area contributed by atoms with E-state index in [1.165, 1.54) is 0 Å². The molecule has 2 aromatic carbocycles. The van der Waals surface area contributed by atoms with Crippen LogP contribution in [0, 0.1) is 23.4 Å². The van der Waals surface area contributed by atoms with Gasteiger partial charge in [-0.15, -0.1) is 0 Å². The van der Waals surface area contributed by atoms with Gasteiger partial charge in [0.25, 0.3) is 5.91 Å². The number of aliphatic imine (C=N–C) groups is 1. The standard InChI is InChI=1S/C21H21F3N2O2/c1-12(2)19(26-20(27)18-16(23)9-14(22)10-17(18)24)21-25-15(11-28-21)8-13-6-4-3-5-7-13/h3-7,9-10,12,15,19H,8,11H2,1-2H3,(H,26,27)/t15?,19-/m0/s1. The molecule has 28 heavy (non-hydrogen) atoms. The molecule has 0 radical (unpaired) electrons. The topological polar surface area (TPSA) is 50.7 Å². The lowest BCUT2D eigenvalue weighted by Gasteiger charge is -2.22. The lowest BCUT2D eigenvalue weighted by molar-refractivity contribution is 0.0925. The molecule has 1 aliphatic rings. The fourth-order valence-electron chi connectivity index (χ4n) is 3.08. The average Bonchev–Trinajstić information content (AvgIpc) is 3.07. The Morgan fingerprint density at radius 1 is 1.18 bits per heavy atom. The summed E-state index contributed by atoms with van der Waals surface area (Å²) in [6.07, 6.45) is 0.685. The van der Waals surface area contributed by atoms with Crippen LogP contribution in [-0.4, -0.2) is 30.5 Å². The average molecular weight is 390 g/mol. The van der Waals surface area contributed by atoms with E-state index in [1.807, 2.05) is 44.2 Å². The van der Waals surface area contributed by atoms with Crippen molar-refractivity contribution in [3.63, 3.8) is 0 Å². The van der Waals surface area contributed by atoms with Crippen molar-refractivity contribution in [3.8, 4) is 0 Å². The second-order valence-electron chi connectivity index (χ2n) is 7.06. The Hall–Kier alpha value is -2.83. The predicted molar refractivity (Wildman–Crippen MR) is 99.7 cm³/mol. The van der Waals surface area contributed by atoms with Crippen LogP contribution in [0.15, 0.2) is 47.5 Å². The Labute approximate surface area is 161 Å². The van der Waals surface area contributed by atoms with Gasteiger partial charge in [0.05, 0.1) is 6.04 Å². The zero-order chi connectivity index (χ0) is 20.3. The van der Waals surface area contributed by atoms with Crippen LogP contribution in [0.1, 0.15) is 29.8 Å². The van der Waals surface area contributed by atoms with Gasteiger partial charge in [0.15, 0.2) is 0 Å². The summed E-state index contributed by atoms with van der Waals surface area (Å²) in [5, 5.41) is 2.56. The number of nitrogens with one attached hydrogen (secondary N) is 1. The molecule has 4 nitrogen and oxygen atoms in total. The van der Waals surface area contributed by atoms with Crippen molar-refractivity contribution in [3.05, 3.63) is 71.0 Å². The van der Waals surface area contributed by atoms with Crippen LogP contribution in [0.4, 0.5) is 13.2 Å². The number of carbonyl (C=O) groups is 1. The third-order valence-electron chi connectivity index (χ3n) is 4.50. The minimum absolute atomic E-state index is 0.102. The first kappa shape index (κ1) is 19.9. The molecule has 0 aromatic heterocycles. The SMILES string of the molecule is CC(C)[C@H](NC(=O)c1c(F)cc(F)cc1F)C1=NC(Cc2ccccc2)CO1. The monoisotopic (exact) mass is 390 g/mol. The number of hydrogen-bond donors (Lipinski definition) is 1. The largest absolute Gasteiger partial charge is 0.477 e. The van der Waals surface area contributed by atoms with E-state index >= 15 is 0 Å². The molecule has 0 saturated carbocycles. The highest BCUT2D eigenvalue weighted by molar-refractivity contribution is 5.98. The predicted octanol–water partition coefficient (Wildman–Crippen LogP) is 3.90. The fraction of sp³-hybridized carbons (Fsp3) is 0.333. The summed E-state index contributed by atoms with van der Waals surface area (Å²) in [7, 11) is 0. The fourth-order valence-corrected chi connectivity index (χ4v) is 3.08. The minimum atomic E-state index is -1.26. The number of hydrogen-bond acceptors (Lipinski definition) is 3. The Bertz CT molecular complexity index is 861. The van der Waals surface area contributed by atoms with Crippen molar-refractivity contribution in [2.75, 3.05) is 6.61 Å². The maximum atomic E-state index is 13.9. The van der Waals surface area contributed by atoms with E-state index in [2.05, 4.69) is 10.3 Å². The van der Waals surface area contributed by atoms with E-state index < -0.39 is 35.0 Å². The van der Waals surface area contributed by atoms with Crippen LogP contribution < -0.4 is 5.32 Å². The van der Waals surface area contributed by atoms with Crippen molar-refractivity contribution in [2.45, 2.75) is 32.4 Å². The zero-order valence-corrected chi connectivity index (χ0v) is 15.6. The van der Waals surface area contributed by atoms with E-state index in [0.717, 1.165) is 5.56 Å². The number of benzene rings is 2. The van der Waals surface area contributed by atoms with E-state index in [4.69, 9.17) is 4.74 Å². The number of halogens is 3. The first-order valence-corrected chi connectivity index (χ1v) is 9.05. The smallest absolute Gasteiger partial charge is 0.257 e. The molecule has 0 spiro atoms. The first-order valence-electron chi connectivity index (χ1n) is 9.05. The van der Waals surface area contributed by atoms with Crippen LogP contribution in [0.3, 0.4) is 0 Å². The summed E-state index contributed by atoms with van der Waals surface area (Å²) < 4.78 is 46.5. The van der Waals surface area contributed by atoms with Crippen LogP contribution in [0.2, 0.25) is 0 Å². The maximum Gasteiger partial charge on any atom is 0.257 e. The summed E-state index contributed by atoms with van der Waals surface area (Å²) in [6.45, 7) is 4.03. The highest BCUT2D eigenvalue weighted by Crippen LogP contribution is 2.19. The highest BCUT2D eigenvalue weighted by Gasteiger charge is 2.31. The van der Waals surface area contributed by atoms with Gasteiger partial charge >= 0.3 is 0 Å². The number of rotatable bonds is 6. The molecule has 3 rings (SSSR count). The van der Waals surface area contributed by atoms with E-state index in [1.54, 1.807) is 0 Å². The van der Waals surface area contributed by atoms with Gasteiger partial charge in [-0.1, -0.05) is 44.2 Å². The highest BCUT2D eigenvalue weighted by atomic mass is 19.1. The van der Waals surface area contributed by atoms with Crippen LogP contribution in [0.5, 0.6) is 0 Å². The number of nitrogens with zero attached hydrogens (tertiary/aromatic N) is 1. The normalized spacial score (nSPS) is 17.2. The van der Waals surface area contributed by atoms with E-state index in [-0.39, 0.29) is 12.0 Å². The first-order chi connectivity index (χ1) is 13.3. The summed E-state index contributed by atoms with van der Waals surface area (Å²) in [6, 6.07) is 10.00. The van der Waals surface area contributed by atoms with Crippen molar-refractivity contribution in [2.24, 2.45) is 10.9 Å². The van der Waals surface area contributed by atoms with Crippen LogP contribution in [-0.2, 0) is 11.2 Å². The molecular weight excluding hydrogens is 369 g/mol. The van der Waals surface area contributed by atoms with Gasteiger partial charge in [0.1, 0.15) is 35.7 Å². The lowest BCUT2D eigenvalue weighted by atomic mass is 10.0. The molecule has 2 aromatic rings. The van der Waals surface area contributed by atoms with Gasteiger partial charge < -0.3 is 10.1 Å². The molecule has 7 heteroatoms. The van der Waals surface area contributed by atoms with Crippen LogP contribution in [0.25, 0.3) is 0 Å². The lowest BCUT2D eigenvalue weighted by Crippen LogP contribution is -2.45. The molecular formula is C21H21F3N2O2. The summed E-state index contributed by atoms with van der Waals surface area (Å²) in [5.41, 5.74) is 0.285. The van der Waals surface area contributed by atoms with Crippen molar-refractivity contribution >= 4 is 11.8 Å². The van der Waals surface area contributed by atoms with Crippen molar-refractivity contribution < 1.29 is 22.7 Å². The van der Waals surface area contributed by atoms with Crippen LogP contribution >= 0.6 is 0 Å². The molecule has 148 valence electrons. The van der Waals surface area contributed by atoms with Gasteiger partial charge in [0, 0.05) is 12.1 Å². The summed E-state index contributed by atoms with van der Waals surface area (Å²) in [5.74, 6) is -4.38. The molecule has 2 atom stereocenters. The van der Waals surface area contributed by atoms with Gasteiger partial charge in [-0.25, -0.2) is 18.2 Å². The third kappa shape index (κ3) is 4.52. The van der Waals surface area contributed by atoms with Crippen molar-refractivity contribution in [1.82, 2.24) is 5.32 Å². The third-order valence-corrected chi connectivity index (χ3v) is 4.50. The molecule has 1 unspecified atom stereocenters. The molecule has 0 bridgehead atoms. The molecule has 1 heterocycles. The maximum absolute atomic E-state index is 13.9. The zero-order valence-electron chi connectivity index (χ0n) is 15.6. The van der Waals surface area contributed by atoms with Crippen molar-refractivity contribution in [1.29, 1.82) is 0 Å². The Balaban J connectivity index is 1.75.